The molecule has 0 fully saturated rings. The van der Waals surface area contributed by atoms with E-state index < -0.39 is 0 Å². The second-order valence-electron chi connectivity index (χ2n) is 5.97. The first-order valence-electron chi connectivity index (χ1n) is 8.38. The van der Waals surface area contributed by atoms with Gasteiger partial charge in [-0.05, 0) is 30.2 Å². The van der Waals surface area contributed by atoms with Crippen LogP contribution in [0.25, 0.3) is 0 Å². The molecule has 0 radical (unpaired) electrons. The van der Waals surface area contributed by atoms with Crippen LogP contribution < -0.4 is 11.1 Å². The fraction of sp³-hybridized carbons (Fsp3) is 0.200. The molecule has 0 aliphatic carbocycles. The van der Waals surface area contributed by atoms with Gasteiger partial charge in [0.05, 0.1) is 0 Å². The molecule has 3 N–H and O–H groups in total. The predicted octanol–water partition coefficient (Wildman–Crippen LogP) is 3.21. The lowest BCUT2D eigenvalue weighted by Gasteiger charge is -2.08. The van der Waals surface area contributed by atoms with E-state index in [0.29, 0.717) is 12.5 Å². The van der Waals surface area contributed by atoms with Crippen LogP contribution in [0.15, 0.2) is 72.0 Å². The summed E-state index contributed by atoms with van der Waals surface area (Å²) in [6, 6.07) is 18.4. The third kappa shape index (κ3) is 4.94. The normalized spacial score (nSPS) is 11.5. The van der Waals surface area contributed by atoms with Gasteiger partial charge in [0.1, 0.15) is 5.82 Å². The molecule has 0 atom stereocenters. The molecular weight excluding hydrogens is 310 g/mol. The van der Waals surface area contributed by atoms with Crippen LogP contribution >= 0.6 is 0 Å². The van der Waals surface area contributed by atoms with Crippen LogP contribution in [0, 0.1) is 6.92 Å². The molecule has 2 aromatic carbocycles. The van der Waals surface area contributed by atoms with Crippen LogP contribution in [-0.2, 0) is 13.0 Å². The molecule has 0 saturated heterocycles. The zero-order valence-electron chi connectivity index (χ0n) is 14.4. The van der Waals surface area contributed by atoms with Gasteiger partial charge in [-0.3, -0.25) is 4.99 Å². The molecule has 0 spiro atoms. The molecule has 5 heteroatoms. The summed E-state index contributed by atoms with van der Waals surface area (Å²) in [5, 5.41) is 3.12. The van der Waals surface area contributed by atoms with E-state index in [4.69, 9.17) is 5.73 Å². The summed E-state index contributed by atoms with van der Waals surface area (Å²) in [4.78, 5) is 8.84. The van der Waals surface area contributed by atoms with Gasteiger partial charge in [-0.15, -0.1) is 0 Å². The Balaban J connectivity index is 1.56. The van der Waals surface area contributed by atoms with Gasteiger partial charge in [-0.25, -0.2) is 4.98 Å². The average molecular weight is 333 g/mol. The van der Waals surface area contributed by atoms with Gasteiger partial charge in [0.2, 0.25) is 0 Å². The van der Waals surface area contributed by atoms with E-state index in [9.17, 15) is 0 Å². The van der Waals surface area contributed by atoms with Gasteiger partial charge in [-0.1, -0.05) is 42.5 Å². The van der Waals surface area contributed by atoms with Crippen molar-refractivity contribution in [3.63, 3.8) is 0 Å². The highest BCUT2D eigenvalue weighted by Gasteiger charge is 2.03. The number of hydrogen-bond donors (Lipinski definition) is 2. The number of aryl methyl sites for hydroxylation is 1. The van der Waals surface area contributed by atoms with Crippen LogP contribution in [-0.4, -0.2) is 22.1 Å². The summed E-state index contributed by atoms with van der Waals surface area (Å²) in [5.41, 5.74) is 9.36. The van der Waals surface area contributed by atoms with Crippen LogP contribution in [0.5, 0.6) is 0 Å². The highest BCUT2D eigenvalue weighted by Crippen LogP contribution is 2.09. The molecule has 0 aliphatic rings. The molecule has 5 nitrogen and oxygen atoms in total. The summed E-state index contributed by atoms with van der Waals surface area (Å²) < 4.78 is 2.15. The minimum absolute atomic E-state index is 0.423. The lowest BCUT2D eigenvalue weighted by atomic mass is 10.2. The van der Waals surface area contributed by atoms with E-state index in [1.165, 1.54) is 11.1 Å². The smallest absolute Gasteiger partial charge is 0.193 e. The number of anilines is 1. The molecule has 128 valence electrons. The Bertz CT molecular complexity index is 836. The van der Waals surface area contributed by atoms with Gasteiger partial charge < -0.3 is 15.6 Å². The lowest BCUT2D eigenvalue weighted by molar-refractivity contribution is 0.716. The fourth-order valence-corrected chi connectivity index (χ4v) is 2.68. The first-order valence-corrected chi connectivity index (χ1v) is 8.38. The van der Waals surface area contributed by atoms with Crippen molar-refractivity contribution < 1.29 is 0 Å². The molecule has 0 bridgehead atoms. The topological polar surface area (TPSA) is 68.2 Å². The van der Waals surface area contributed by atoms with Gasteiger partial charge >= 0.3 is 0 Å². The minimum Gasteiger partial charge on any atom is -0.370 e. The molecule has 3 aromatic rings. The number of rotatable bonds is 6. The summed E-state index contributed by atoms with van der Waals surface area (Å²) in [6.45, 7) is 3.46. The molecular formula is C20H23N5. The fourth-order valence-electron chi connectivity index (χ4n) is 2.68. The molecule has 0 saturated carbocycles. The van der Waals surface area contributed by atoms with Crippen LogP contribution in [0.3, 0.4) is 0 Å². The Morgan fingerprint density at radius 2 is 2.00 bits per heavy atom. The first-order chi connectivity index (χ1) is 12.2. The van der Waals surface area contributed by atoms with E-state index in [1.807, 2.05) is 61.8 Å². The Morgan fingerprint density at radius 1 is 1.16 bits per heavy atom. The summed E-state index contributed by atoms with van der Waals surface area (Å²) in [7, 11) is 0. The van der Waals surface area contributed by atoms with E-state index in [-0.39, 0.29) is 0 Å². The van der Waals surface area contributed by atoms with Crippen molar-refractivity contribution in [1.29, 1.82) is 0 Å². The number of aliphatic imine (C=N–C) groups is 1. The second-order valence-corrected chi connectivity index (χ2v) is 5.97. The number of aromatic nitrogens is 2. The average Bonchev–Trinajstić information content (AvgIpc) is 3.03. The Labute approximate surface area is 148 Å². The Hall–Kier alpha value is -3.08. The number of nitrogens with one attached hydrogen (secondary N) is 1. The van der Waals surface area contributed by atoms with Gasteiger partial charge in [-0.2, -0.15) is 0 Å². The maximum absolute atomic E-state index is 5.97. The summed E-state index contributed by atoms with van der Waals surface area (Å²) >= 11 is 0. The monoisotopic (exact) mass is 333 g/mol. The van der Waals surface area contributed by atoms with Crippen molar-refractivity contribution in [3.05, 3.63) is 83.9 Å². The summed E-state index contributed by atoms with van der Waals surface area (Å²) in [6.07, 6.45) is 4.58. The quantitative estimate of drug-likeness (QED) is 0.538. The standard InChI is InChI=1S/C20H23N5/c1-16-6-5-9-18(14-16)24-20(21)23-11-10-19-22-12-13-25(19)15-17-7-3-2-4-8-17/h2-9,12-14H,10-11,15H2,1H3,(H3,21,23,24). The van der Waals surface area contributed by atoms with Crippen molar-refractivity contribution in [2.75, 3.05) is 11.9 Å². The number of nitrogens with two attached hydrogens (primary N) is 1. The lowest BCUT2D eigenvalue weighted by Crippen LogP contribution is -2.23. The van der Waals surface area contributed by atoms with Gasteiger partial charge in [0, 0.05) is 37.6 Å². The van der Waals surface area contributed by atoms with E-state index in [2.05, 4.69) is 32.0 Å². The highest BCUT2D eigenvalue weighted by molar-refractivity contribution is 5.92. The Morgan fingerprint density at radius 3 is 2.80 bits per heavy atom. The molecule has 1 aromatic heterocycles. The molecule has 1 heterocycles. The number of hydrogen-bond acceptors (Lipinski definition) is 2. The maximum atomic E-state index is 5.97. The maximum Gasteiger partial charge on any atom is 0.193 e. The van der Waals surface area contributed by atoms with Crippen molar-refractivity contribution in [2.24, 2.45) is 10.7 Å². The SMILES string of the molecule is Cc1cccc(NC(N)=NCCc2nccn2Cc2ccccc2)c1. The van der Waals surface area contributed by atoms with E-state index in [1.54, 1.807) is 0 Å². The van der Waals surface area contributed by atoms with Gasteiger partial charge in [0.15, 0.2) is 5.96 Å². The molecule has 3 rings (SSSR count). The third-order valence-corrected chi connectivity index (χ3v) is 3.91. The third-order valence-electron chi connectivity index (χ3n) is 3.91. The second kappa shape index (κ2) is 8.15. The predicted molar refractivity (Wildman–Crippen MR) is 103 cm³/mol. The number of guanidine groups is 1. The molecule has 0 unspecified atom stereocenters. The van der Waals surface area contributed by atoms with Crippen LogP contribution in [0.1, 0.15) is 17.0 Å². The largest absolute Gasteiger partial charge is 0.370 e. The van der Waals surface area contributed by atoms with Gasteiger partial charge in [0.25, 0.3) is 0 Å². The zero-order chi connectivity index (χ0) is 17.5. The van der Waals surface area contributed by atoms with E-state index in [0.717, 1.165) is 24.5 Å². The van der Waals surface area contributed by atoms with Crippen molar-refractivity contribution in [3.8, 4) is 0 Å². The van der Waals surface area contributed by atoms with Crippen LogP contribution in [0.4, 0.5) is 5.69 Å². The number of nitrogens with zero attached hydrogens (tertiary/aromatic N) is 3. The van der Waals surface area contributed by atoms with Crippen LogP contribution in [0.2, 0.25) is 0 Å². The number of imidazole rings is 1. The zero-order valence-corrected chi connectivity index (χ0v) is 14.4. The minimum atomic E-state index is 0.423. The molecule has 25 heavy (non-hydrogen) atoms. The first kappa shape index (κ1) is 16.8. The van der Waals surface area contributed by atoms with Crippen molar-refractivity contribution in [2.45, 2.75) is 19.9 Å². The van der Waals surface area contributed by atoms with Crippen molar-refractivity contribution >= 4 is 11.6 Å². The molecule has 0 aliphatic heterocycles. The number of benzene rings is 2. The highest BCUT2D eigenvalue weighted by atomic mass is 15.1. The molecule has 0 amide bonds. The van der Waals surface area contributed by atoms with E-state index >= 15 is 0 Å². The van der Waals surface area contributed by atoms with Crippen molar-refractivity contribution in [1.82, 2.24) is 9.55 Å². The Kier molecular flexibility index (Phi) is 5.46. The summed E-state index contributed by atoms with van der Waals surface area (Å²) in [5.74, 6) is 1.43.